The molecule has 1 aliphatic heterocycles. The minimum Gasteiger partial charge on any atom is -0.310 e. The Morgan fingerprint density at radius 2 is 1.83 bits per heavy atom. The van der Waals surface area contributed by atoms with E-state index >= 15 is 0 Å². The van der Waals surface area contributed by atoms with E-state index in [4.69, 9.17) is 0 Å². The molecule has 3 aromatic rings. The van der Waals surface area contributed by atoms with E-state index in [2.05, 4.69) is 46.1 Å². The van der Waals surface area contributed by atoms with E-state index in [-0.39, 0.29) is 17.2 Å². The van der Waals surface area contributed by atoms with Gasteiger partial charge < -0.3 is 10.2 Å². The Labute approximate surface area is 177 Å². The Morgan fingerprint density at radius 3 is 2.50 bits per heavy atom. The lowest BCUT2D eigenvalue weighted by molar-refractivity contribution is -0.121. The van der Waals surface area contributed by atoms with Gasteiger partial charge in [-0.1, -0.05) is 20.8 Å². The normalized spacial score (nSPS) is 16.1. The second kappa shape index (κ2) is 8.14. The van der Waals surface area contributed by atoms with Crippen molar-refractivity contribution in [1.82, 2.24) is 24.6 Å². The number of carbonyl (C=O) groups excluding carboxylic acids is 1. The number of aromatic nitrogens is 4. The van der Waals surface area contributed by atoms with Crippen LogP contribution in [0.2, 0.25) is 0 Å². The Morgan fingerprint density at radius 1 is 1.10 bits per heavy atom. The zero-order valence-corrected chi connectivity index (χ0v) is 18.2. The Bertz CT molecular complexity index is 1040. The molecule has 158 valence electrons. The number of carbonyl (C=O) groups is 1. The van der Waals surface area contributed by atoms with Crippen LogP contribution in [-0.2, 0) is 11.8 Å². The van der Waals surface area contributed by atoms with Crippen molar-refractivity contribution in [3.8, 4) is 11.3 Å². The first kappa shape index (κ1) is 20.5. The number of fused-ring (bicyclic) bond motifs is 1. The van der Waals surface area contributed by atoms with Crippen molar-refractivity contribution in [2.24, 2.45) is 18.4 Å². The molecule has 0 bridgehead atoms. The third-order valence-corrected chi connectivity index (χ3v) is 5.51. The third-order valence-electron chi connectivity index (χ3n) is 5.51. The first-order valence-electron chi connectivity index (χ1n) is 10.5. The van der Waals surface area contributed by atoms with E-state index in [0.29, 0.717) is 5.82 Å². The van der Waals surface area contributed by atoms with Crippen LogP contribution >= 0.6 is 0 Å². The first-order valence-corrected chi connectivity index (χ1v) is 10.5. The molecule has 1 N–H and O–H groups in total. The van der Waals surface area contributed by atoms with E-state index in [1.165, 1.54) is 0 Å². The monoisotopic (exact) mass is 406 g/mol. The van der Waals surface area contributed by atoms with Crippen molar-refractivity contribution in [1.29, 1.82) is 0 Å². The molecule has 0 atom stereocenters. The largest absolute Gasteiger partial charge is 0.310 e. The highest BCUT2D eigenvalue weighted by molar-refractivity contribution is 5.94. The van der Waals surface area contributed by atoms with Gasteiger partial charge in [0.2, 0.25) is 5.91 Å². The lowest BCUT2D eigenvalue weighted by Gasteiger charge is -2.35. The quantitative estimate of drug-likeness (QED) is 0.715. The Balaban J connectivity index is 1.43. The SMILES string of the molecule is Cn1cc(-c2cc3cc(NC(=O)C4CCN(CC(C)(C)C)CC4)ncc3cn2)cn1. The number of rotatable bonds is 4. The second-order valence-electron chi connectivity index (χ2n) is 9.49. The smallest absolute Gasteiger partial charge is 0.228 e. The second-order valence-corrected chi connectivity index (χ2v) is 9.49. The van der Waals surface area contributed by atoms with Crippen LogP contribution in [0.5, 0.6) is 0 Å². The highest BCUT2D eigenvalue weighted by Gasteiger charge is 2.27. The van der Waals surface area contributed by atoms with E-state index < -0.39 is 0 Å². The highest BCUT2D eigenvalue weighted by Crippen LogP contribution is 2.25. The molecule has 1 aliphatic rings. The Kier molecular flexibility index (Phi) is 5.56. The number of piperidine rings is 1. The molecule has 0 radical (unpaired) electrons. The molecule has 0 aliphatic carbocycles. The van der Waals surface area contributed by atoms with Gasteiger partial charge in [0.1, 0.15) is 5.82 Å². The van der Waals surface area contributed by atoms with Gasteiger partial charge in [-0.15, -0.1) is 0 Å². The summed E-state index contributed by atoms with van der Waals surface area (Å²) in [6, 6.07) is 3.93. The number of nitrogens with zero attached hydrogens (tertiary/aromatic N) is 5. The molecular formula is C23H30N6O. The van der Waals surface area contributed by atoms with Gasteiger partial charge in [0.05, 0.1) is 11.9 Å². The van der Waals surface area contributed by atoms with Gasteiger partial charge in [-0.3, -0.25) is 14.5 Å². The molecule has 4 rings (SSSR count). The summed E-state index contributed by atoms with van der Waals surface area (Å²) >= 11 is 0. The van der Waals surface area contributed by atoms with Gasteiger partial charge in [-0.05, 0) is 48.9 Å². The molecule has 1 amide bonds. The summed E-state index contributed by atoms with van der Waals surface area (Å²) < 4.78 is 1.76. The fourth-order valence-electron chi connectivity index (χ4n) is 4.07. The number of nitrogens with one attached hydrogen (secondary N) is 1. The molecule has 3 aromatic heterocycles. The summed E-state index contributed by atoms with van der Waals surface area (Å²) in [5.41, 5.74) is 2.10. The summed E-state index contributed by atoms with van der Waals surface area (Å²) in [4.78, 5) is 24.2. The van der Waals surface area contributed by atoms with Crippen LogP contribution in [0.3, 0.4) is 0 Å². The van der Waals surface area contributed by atoms with Crippen molar-refractivity contribution in [3.05, 3.63) is 36.9 Å². The van der Waals surface area contributed by atoms with Crippen molar-refractivity contribution in [2.75, 3.05) is 25.0 Å². The average molecular weight is 407 g/mol. The van der Waals surface area contributed by atoms with E-state index in [0.717, 1.165) is 54.5 Å². The number of hydrogen-bond acceptors (Lipinski definition) is 5. The highest BCUT2D eigenvalue weighted by atomic mass is 16.1. The number of pyridine rings is 2. The van der Waals surface area contributed by atoms with E-state index in [1.54, 1.807) is 23.3 Å². The molecule has 7 nitrogen and oxygen atoms in total. The number of amides is 1. The average Bonchev–Trinajstić information content (AvgIpc) is 3.13. The van der Waals surface area contributed by atoms with Crippen molar-refractivity contribution in [2.45, 2.75) is 33.6 Å². The van der Waals surface area contributed by atoms with Gasteiger partial charge in [0.15, 0.2) is 0 Å². The van der Waals surface area contributed by atoms with Gasteiger partial charge in [-0.25, -0.2) is 4.98 Å². The standard InChI is InChI=1S/C23H30N6O/c1-23(2,3)15-29-7-5-16(6-8-29)22(30)27-21-10-17-9-20(19-13-26-28(4)14-19)24-11-18(17)12-25-21/h9-14,16H,5-8,15H2,1-4H3,(H,25,27,30). The van der Waals surface area contributed by atoms with Crippen LogP contribution in [0.4, 0.5) is 5.82 Å². The summed E-state index contributed by atoms with van der Waals surface area (Å²) in [6.45, 7) is 9.79. The maximum Gasteiger partial charge on any atom is 0.228 e. The molecule has 0 spiro atoms. The molecule has 1 fully saturated rings. The first-order chi connectivity index (χ1) is 14.3. The van der Waals surface area contributed by atoms with Crippen molar-refractivity contribution >= 4 is 22.5 Å². The molecule has 7 heteroatoms. The predicted molar refractivity (Wildman–Crippen MR) is 119 cm³/mol. The minimum atomic E-state index is 0.0436. The maximum absolute atomic E-state index is 12.8. The van der Waals surface area contributed by atoms with Crippen LogP contribution in [0.1, 0.15) is 33.6 Å². The van der Waals surface area contributed by atoms with E-state index in [9.17, 15) is 4.79 Å². The summed E-state index contributed by atoms with van der Waals surface area (Å²) in [7, 11) is 1.88. The lowest BCUT2D eigenvalue weighted by atomic mass is 9.91. The van der Waals surface area contributed by atoms with Crippen LogP contribution in [-0.4, -0.2) is 50.2 Å². The molecule has 1 saturated heterocycles. The van der Waals surface area contributed by atoms with Gasteiger partial charge >= 0.3 is 0 Å². The van der Waals surface area contributed by atoms with Crippen LogP contribution < -0.4 is 5.32 Å². The number of anilines is 1. The number of aryl methyl sites for hydroxylation is 1. The van der Waals surface area contributed by atoms with Crippen LogP contribution in [0, 0.1) is 11.3 Å². The molecule has 4 heterocycles. The fourth-order valence-corrected chi connectivity index (χ4v) is 4.07. The van der Waals surface area contributed by atoms with Gasteiger partial charge in [0, 0.05) is 49.1 Å². The minimum absolute atomic E-state index is 0.0436. The van der Waals surface area contributed by atoms with Gasteiger partial charge in [0.25, 0.3) is 0 Å². The summed E-state index contributed by atoms with van der Waals surface area (Å²) in [5, 5.41) is 9.17. The predicted octanol–water partition coefficient (Wildman–Crippen LogP) is 3.73. The van der Waals surface area contributed by atoms with Crippen LogP contribution in [0.25, 0.3) is 22.0 Å². The number of likely N-dealkylation sites (tertiary alicyclic amines) is 1. The summed E-state index contributed by atoms with van der Waals surface area (Å²) in [6.07, 6.45) is 9.08. The molecule has 0 unspecified atom stereocenters. The topological polar surface area (TPSA) is 75.9 Å². The lowest BCUT2D eigenvalue weighted by Crippen LogP contribution is -2.41. The molecule has 0 aromatic carbocycles. The Hall–Kier alpha value is -2.80. The van der Waals surface area contributed by atoms with Crippen LogP contribution in [0.15, 0.2) is 36.9 Å². The fraction of sp³-hybridized carbons (Fsp3) is 0.478. The maximum atomic E-state index is 12.8. The summed E-state index contributed by atoms with van der Waals surface area (Å²) in [5.74, 6) is 0.703. The molecule has 0 saturated carbocycles. The third kappa shape index (κ3) is 4.84. The van der Waals surface area contributed by atoms with E-state index in [1.807, 2.05) is 25.4 Å². The number of hydrogen-bond donors (Lipinski definition) is 1. The zero-order chi connectivity index (χ0) is 21.3. The van der Waals surface area contributed by atoms with Gasteiger partial charge in [-0.2, -0.15) is 5.10 Å². The zero-order valence-electron chi connectivity index (χ0n) is 18.2. The molecular weight excluding hydrogens is 376 g/mol. The molecule has 30 heavy (non-hydrogen) atoms. The van der Waals surface area contributed by atoms with Crippen molar-refractivity contribution in [3.63, 3.8) is 0 Å². The van der Waals surface area contributed by atoms with Crippen molar-refractivity contribution < 1.29 is 4.79 Å².